The molecule has 0 radical (unpaired) electrons. The van der Waals surface area contributed by atoms with Crippen molar-refractivity contribution in [3.63, 3.8) is 0 Å². The second kappa shape index (κ2) is 13.4. The van der Waals surface area contributed by atoms with Crippen molar-refractivity contribution in [2.24, 2.45) is 5.92 Å². The number of rotatable bonds is 11. The van der Waals surface area contributed by atoms with Crippen LogP contribution in [0, 0.1) is 5.92 Å². The summed E-state index contributed by atoms with van der Waals surface area (Å²) in [6, 6.07) is 25.9. The SMILES string of the molecule is CC(C)[C@H](NC(=O)OCc1ccccc1)C(=O)N/C(=C/CS(=O)(=O)c1ccccc1)Cc1ccccc1. The van der Waals surface area contributed by atoms with Gasteiger partial charge in [-0.3, -0.25) is 4.79 Å². The van der Waals surface area contributed by atoms with Gasteiger partial charge >= 0.3 is 6.09 Å². The number of hydrogen-bond acceptors (Lipinski definition) is 5. The third-order valence-electron chi connectivity index (χ3n) is 5.61. The van der Waals surface area contributed by atoms with E-state index < -0.39 is 27.9 Å². The normalized spacial score (nSPS) is 12.6. The Bertz CT molecular complexity index is 1290. The molecule has 0 spiro atoms. The van der Waals surface area contributed by atoms with Gasteiger partial charge in [0.15, 0.2) is 9.84 Å². The second-order valence-electron chi connectivity index (χ2n) is 8.90. The lowest BCUT2D eigenvalue weighted by Gasteiger charge is -2.22. The van der Waals surface area contributed by atoms with Crippen LogP contribution in [0.3, 0.4) is 0 Å². The molecule has 2 amide bonds. The van der Waals surface area contributed by atoms with E-state index in [1.807, 2.05) is 74.5 Å². The third-order valence-corrected chi connectivity index (χ3v) is 7.20. The molecule has 0 bridgehead atoms. The molecular weight excluding hydrogens is 488 g/mol. The number of alkyl carbamates (subject to hydrolysis) is 1. The maximum Gasteiger partial charge on any atom is 0.408 e. The van der Waals surface area contributed by atoms with Crippen molar-refractivity contribution in [3.05, 3.63) is 114 Å². The molecule has 3 rings (SSSR count). The number of nitrogens with one attached hydrogen (secondary N) is 2. The first-order valence-corrected chi connectivity index (χ1v) is 13.7. The predicted octanol–water partition coefficient (Wildman–Crippen LogP) is 4.65. The number of benzene rings is 3. The molecule has 0 fully saturated rings. The smallest absolute Gasteiger partial charge is 0.408 e. The van der Waals surface area contributed by atoms with E-state index in [2.05, 4.69) is 10.6 Å². The fourth-order valence-electron chi connectivity index (χ4n) is 3.58. The second-order valence-corrected chi connectivity index (χ2v) is 10.9. The summed E-state index contributed by atoms with van der Waals surface area (Å²) in [4.78, 5) is 25.8. The molecule has 194 valence electrons. The Morgan fingerprint density at radius 2 is 1.38 bits per heavy atom. The highest BCUT2D eigenvalue weighted by Crippen LogP contribution is 2.13. The summed E-state index contributed by atoms with van der Waals surface area (Å²) in [6.07, 6.45) is 1.12. The lowest BCUT2D eigenvalue weighted by atomic mass is 10.0. The van der Waals surface area contributed by atoms with Crippen molar-refractivity contribution in [2.75, 3.05) is 5.75 Å². The van der Waals surface area contributed by atoms with Gasteiger partial charge < -0.3 is 15.4 Å². The topological polar surface area (TPSA) is 102 Å². The van der Waals surface area contributed by atoms with E-state index in [0.717, 1.165) is 11.1 Å². The van der Waals surface area contributed by atoms with Crippen LogP contribution in [0.15, 0.2) is 108 Å². The van der Waals surface area contributed by atoms with Crippen molar-refractivity contribution < 1.29 is 22.7 Å². The van der Waals surface area contributed by atoms with Crippen LogP contribution < -0.4 is 10.6 Å². The first-order valence-electron chi connectivity index (χ1n) is 12.0. The van der Waals surface area contributed by atoms with E-state index in [1.165, 1.54) is 6.08 Å². The van der Waals surface area contributed by atoms with Gasteiger partial charge in [0.1, 0.15) is 12.6 Å². The Balaban J connectivity index is 1.72. The van der Waals surface area contributed by atoms with Gasteiger partial charge in [0.25, 0.3) is 0 Å². The summed E-state index contributed by atoms with van der Waals surface area (Å²) in [5.74, 6) is -0.973. The number of allylic oxidation sites excluding steroid dienone is 1. The summed E-state index contributed by atoms with van der Waals surface area (Å²) in [5, 5.41) is 5.47. The van der Waals surface area contributed by atoms with Gasteiger partial charge in [-0.2, -0.15) is 0 Å². The predicted molar refractivity (Wildman–Crippen MR) is 143 cm³/mol. The van der Waals surface area contributed by atoms with E-state index >= 15 is 0 Å². The number of carbonyl (C=O) groups is 2. The lowest BCUT2D eigenvalue weighted by molar-refractivity contribution is -0.123. The molecule has 0 unspecified atom stereocenters. The summed E-state index contributed by atoms with van der Waals surface area (Å²) >= 11 is 0. The van der Waals surface area contributed by atoms with Crippen LogP contribution in [0.5, 0.6) is 0 Å². The van der Waals surface area contributed by atoms with Gasteiger partial charge in [-0.25, -0.2) is 13.2 Å². The molecule has 8 heteroatoms. The standard InChI is InChI=1S/C29H32N2O5S/c1-22(2)27(31-29(33)36-21-24-14-8-4-9-15-24)28(32)30-25(20-23-12-6-3-7-13-23)18-19-37(34,35)26-16-10-5-11-17-26/h3-18,22,27H,19-21H2,1-2H3,(H,30,32)(H,31,33)/b25-18+/t27-/m0/s1. The Labute approximate surface area is 218 Å². The maximum absolute atomic E-state index is 13.2. The Hall–Kier alpha value is -3.91. The first kappa shape index (κ1) is 27.7. The largest absolute Gasteiger partial charge is 0.445 e. The molecule has 0 aliphatic carbocycles. The van der Waals surface area contributed by atoms with Crippen molar-refractivity contribution in [1.29, 1.82) is 0 Å². The highest BCUT2D eigenvalue weighted by Gasteiger charge is 2.26. The molecule has 2 N–H and O–H groups in total. The number of sulfone groups is 1. The maximum atomic E-state index is 13.2. The minimum Gasteiger partial charge on any atom is -0.445 e. The van der Waals surface area contributed by atoms with Crippen molar-refractivity contribution in [2.45, 2.75) is 37.8 Å². The fraction of sp³-hybridized carbons (Fsp3) is 0.241. The van der Waals surface area contributed by atoms with E-state index in [0.29, 0.717) is 12.1 Å². The van der Waals surface area contributed by atoms with Crippen molar-refractivity contribution in [3.8, 4) is 0 Å². The highest BCUT2D eigenvalue weighted by molar-refractivity contribution is 7.91. The lowest BCUT2D eigenvalue weighted by Crippen LogP contribution is -2.49. The highest BCUT2D eigenvalue weighted by atomic mass is 32.2. The molecule has 0 saturated carbocycles. The summed E-state index contributed by atoms with van der Waals surface area (Å²) in [7, 11) is -3.59. The number of carbonyl (C=O) groups excluding carboxylic acids is 2. The molecule has 0 saturated heterocycles. The molecule has 37 heavy (non-hydrogen) atoms. The van der Waals surface area contributed by atoms with E-state index in [4.69, 9.17) is 4.74 Å². The van der Waals surface area contributed by atoms with Crippen molar-refractivity contribution in [1.82, 2.24) is 10.6 Å². The minimum absolute atomic E-state index is 0.0790. The molecule has 3 aromatic rings. The molecule has 7 nitrogen and oxygen atoms in total. The molecule has 0 aliphatic heterocycles. The minimum atomic E-state index is -3.59. The molecular formula is C29H32N2O5S. The zero-order valence-corrected chi connectivity index (χ0v) is 21.8. The number of ether oxygens (including phenoxy) is 1. The summed E-state index contributed by atoms with van der Waals surface area (Å²) < 4.78 is 30.9. The van der Waals surface area contributed by atoms with Crippen LogP contribution in [-0.4, -0.2) is 32.2 Å². The van der Waals surface area contributed by atoms with Gasteiger partial charge in [0, 0.05) is 12.1 Å². The van der Waals surface area contributed by atoms with Crippen LogP contribution >= 0.6 is 0 Å². The number of amides is 2. The van der Waals surface area contributed by atoms with Gasteiger partial charge in [-0.15, -0.1) is 0 Å². The van der Waals surface area contributed by atoms with Crippen LogP contribution in [0.1, 0.15) is 25.0 Å². The Kier molecular flexibility index (Phi) is 10.0. The zero-order chi connectivity index (χ0) is 26.7. The van der Waals surface area contributed by atoms with Gasteiger partial charge in [-0.05, 0) is 35.3 Å². The van der Waals surface area contributed by atoms with E-state index in [1.54, 1.807) is 30.3 Å². The number of hydrogen-bond donors (Lipinski definition) is 2. The van der Waals surface area contributed by atoms with Crippen LogP contribution in [0.4, 0.5) is 4.79 Å². The van der Waals surface area contributed by atoms with Crippen LogP contribution in [0.25, 0.3) is 0 Å². The quantitative estimate of drug-likeness (QED) is 0.383. The third kappa shape index (κ3) is 8.91. The molecule has 3 aromatic carbocycles. The zero-order valence-electron chi connectivity index (χ0n) is 21.0. The molecule has 0 aliphatic rings. The average Bonchev–Trinajstić information content (AvgIpc) is 2.90. The monoisotopic (exact) mass is 520 g/mol. The first-order chi connectivity index (χ1) is 17.7. The molecule has 0 aromatic heterocycles. The summed E-state index contributed by atoms with van der Waals surface area (Å²) in [5.41, 5.74) is 2.17. The Morgan fingerprint density at radius 1 is 0.838 bits per heavy atom. The van der Waals surface area contributed by atoms with Crippen LogP contribution in [-0.2, 0) is 32.4 Å². The van der Waals surface area contributed by atoms with E-state index in [9.17, 15) is 18.0 Å². The average molecular weight is 521 g/mol. The van der Waals surface area contributed by atoms with Gasteiger partial charge in [0.2, 0.25) is 5.91 Å². The summed E-state index contributed by atoms with van der Waals surface area (Å²) in [6.45, 7) is 3.69. The molecule has 0 heterocycles. The fourth-order valence-corrected chi connectivity index (χ4v) is 4.77. The van der Waals surface area contributed by atoms with Crippen molar-refractivity contribution >= 4 is 21.8 Å². The Morgan fingerprint density at radius 3 is 1.95 bits per heavy atom. The van der Waals surface area contributed by atoms with Gasteiger partial charge in [-0.1, -0.05) is 92.7 Å². The molecule has 1 atom stereocenters. The van der Waals surface area contributed by atoms with Gasteiger partial charge in [0.05, 0.1) is 10.6 Å². The van der Waals surface area contributed by atoms with E-state index in [-0.39, 0.29) is 23.2 Å². The van der Waals surface area contributed by atoms with Crippen LogP contribution in [0.2, 0.25) is 0 Å².